The van der Waals surface area contributed by atoms with E-state index in [-0.39, 0.29) is 4.87 Å². The minimum Gasteiger partial charge on any atom is -0.379 e. The van der Waals surface area contributed by atoms with Gasteiger partial charge in [0.15, 0.2) is 0 Å². The minimum atomic E-state index is 0.155. The molecule has 2 atom stereocenters. The predicted octanol–water partition coefficient (Wildman–Crippen LogP) is 1.71. The second-order valence-corrected chi connectivity index (χ2v) is 5.19. The summed E-state index contributed by atoms with van der Waals surface area (Å²) in [6.07, 6.45) is 0. The SMILES string of the molecule is CCOCC1(C)NCC(C)CS1. The van der Waals surface area contributed by atoms with E-state index in [1.165, 1.54) is 5.75 Å². The normalized spacial score (nSPS) is 36.8. The molecule has 0 amide bonds. The maximum absolute atomic E-state index is 5.43. The van der Waals surface area contributed by atoms with E-state index in [1.54, 1.807) is 0 Å². The van der Waals surface area contributed by atoms with E-state index in [0.717, 1.165) is 25.7 Å². The molecule has 1 N–H and O–H groups in total. The molecule has 0 aromatic heterocycles. The molecule has 12 heavy (non-hydrogen) atoms. The predicted molar refractivity (Wildman–Crippen MR) is 54.5 cm³/mol. The van der Waals surface area contributed by atoms with Gasteiger partial charge in [-0.25, -0.2) is 0 Å². The Morgan fingerprint density at radius 2 is 2.42 bits per heavy atom. The summed E-state index contributed by atoms with van der Waals surface area (Å²) in [6.45, 7) is 9.30. The zero-order valence-corrected chi connectivity index (χ0v) is 9.04. The zero-order valence-electron chi connectivity index (χ0n) is 8.22. The Morgan fingerprint density at radius 3 is 2.92 bits per heavy atom. The van der Waals surface area contributed by atoms with Gasteiger partial charge in [-0.1, -0.05) is 6.92 Å². The Bertz CT molecular complexity index is 127. The third-order valence-electron chi connectivity index (χ3n) is 2.09. The van der Waals surface area contributed by atoms with Crippen LogP contribution in [0.5, 0.6) is 0 Å². The van der Waals surface area contributed by atoms with Crippen molar-refractivity contribution in [3.8, 4) is 0 Å². The van der Waals surface area contributed by atoms with Gasteiger partial charge < -0.3 is 10.1 Å². The Labute approximate surface area is 79.4 Å². The van der Waals surface area contributed by atoms with Crippen LogP contribution < -0.4 is 5.32 Å². The van der Waals surface area contributed by atoms with Crippen LogP contribution >= 0.6 is 11.8 Å². The van der Waals surface area contributed by atoms with E-state index in [0.29, 0.717) is 0 Å². The minimum absolute atomic E-state index is 0.155. The molecule has 0 saturated carbocycles. The molecule has 0 radical (unpaired) electrons. The molecule has 0 aliphatic carbocycles. The Balaban J connectivity index is 2.29. The highest BCUT2D eigenvalue weighted by atomic mass is 32.2. The van der Waals surface area contributed by atoms with Crippen molar-refractivity contribution in [3.05, 3.63) is 0 Å². The Morgan fingerprint density at radius 1 is 1.67 bits per heavy atom. The number of ether oxygens (including phenoxy) is 1. The summed E-state index contributed by atoms with van der Waals surface area (Å²) in [7, 11) is 0. The van der Waals surface area contributed by atoms with Gasteiger partial charge in [-0.3, -0.25) is 0 Å². The van der Waals surface area contributed by atoms with Gasteiger partial charge in [-0.2, -0.15) is 0 Å². The van der Waals surface area contributed by atoms with Gasteiger partial charge >= 0.3 is 0 Å². The number of hydrogen-bond donors (Lipinski definition) is 1. The number of thioether (sulfide) groups is 1. The van der Waals surface area contributed by atoms with Crippen LogP contribution in [0.4, 0.5) is 0 Å². The fourth-order valence-corrected chi connectivity index (χ4v) is 2.34. The van der Waals surface area contributed by atoms with Crippen LogP contribution in [0.2, 0.25) is 0 Å². The van der Waals surface area contributed by atoms with Crippen molar-refractivity contribution in [2.75, 3.05) is 25.5 Å². The molecule has 1 saturated heterocycles. The molecule has 2 nitrogen and oxygen atoms in total. The van der Waals surface area contributed by atoms with Crippen molar-refractivity contribution < 1.29 is 4.74 Å². The van der Waals surface area contributed by atoms with Gasteiger partial charge in [-0.05, 0) is 32.1 Å². The van der Waals surface area contributed by atoms with Gasteiger partial charge in [0.1, 0.15) is 0 Å². The summed E-state index contributed by atoms with van der Waals surface area (Å²) in [6, 6.07) is 0. The third-order valence-corrected chi connectivity index (χ3v) is 3.73. The van der Waals surface area contributed by atoms with E-state index in [4.69, 9.17) is 4.74 Å². The summed E-state index contributed by atoms with van der Waals surface area (Å²) in [5.74, 6) is 2.04. The summed E-state index contributed by atoms with van der Waals surface area (Å²) >= 11 is 1.98. The Hall–Kier alpha value is 0.270. The largest absolute Gasteiger partial charge is 0.379 e. The Kier molecular flexibility index (Phi) is 3.87. The second-order valence-electron chi connectivity index (χ2n) is 3.67. The molecule has 1 heterocycles. The summed E-state index contributed by atoms with van der Waals surface area (Å²) in [5, 5.41) is 3.52. The van der Waals surface area contributed by atoms with Crippen LogP contribution in [-0.4, -0.2) is 30.4 Å². The van der Waals surface area contributed by atoms with Gasteiger partial charge in [0.25, 0.3) is 0 Å². The lowest BCUT2D eigenvalue weighted by atomic mass is 10.2. The van der Waals surface area contributed by atoms with E-state index < -0.39 is 0 Å². The highest BCUT2D eigenvalue weighted by Gasteiger charge is 2.29. The maximum Gasteiger partial charge on any atom is 0.0853 e. The first-order valence-corrected chi connectivity index (χ1v) is 5.61. The number of rotatable bonds is 3. The van der Waals surface area contributed by atoms with Crippen molar-refractivity contribution in [2.24, 2.45) is 5.92 Å². The fourth-order valence-electron chi connectivity index (χ4n) is 1.22. The van der Waals surface area contributed by atoms with Crippen molar-refractivity contribution in [1.29, 1.82) is 0 Å². The first kappa shape index (κ1) is 10.4. The van der Waals surface area contributed by atoms with E-state index in [9.17, 15) is 0 Å². The summed E-state index contributed by atoms with van der Waals surface area (Å²) in [4.78, 5) is 0.155. The van der Waals surface area contributed by atoms with Crippen molar-refractivity contribution >= 4 is 11.8 Å². The standard InChI is InChI=1S/C9H19NOS/c1-4-11-7-9(3)10-5-8(2)6-12-9/h8,10H,4-7H2,1-3H3. The second kappa shape index (κ2) is 4.49. The molecule has 3 heteroatoms. The molecule has 1 rings (SSSR count). The van der Waals surface area contributed by atoms with Crippen LogP contribution in [0.1, 0.15) is 20.8 Å². The smallest absolute Gasteiger partial charge is 0.0853 e. The van der Waals surface area contributed by atoms with Crippen LogP contribution in [0.25, 0.3) is 0 Å². The molecule has 0 bridgehead atoms. The van der Waals surface area contributed by atoms with Gasteiger partial charge in [0.2, 0.25) is 0 Å². The first-order chi connectivity index (χ1) is 5.66. The van der Waals surface area contributed by atoms with Gasteiger partial charge in [0, 0.05) is 6.61 Å². The summed E-state index contributed by atoms with van der Waals surface area (Å²) < 4.78 is 5.43. The van der Waals surface area contributed by atoms with E-state index in [2.05, 4.69) is 19.2 Å². The maximum atomic E-state index is 5.43. The van der Waals surface area contributed by atoms with Crippen LogP contribution in [0.15, 0.2) is 0 Å². The van der Waals surface area contributed by atoms with Crippen molar-refractivity contribution in [1.82, 2.24) is 5.32 Å². The average molecular weight is 189 g/mol. The monoisotopic (exact) mass is 189 g/mol. The fraction of sp³-hybridized carbons (Fsp3) is 1.00. The molecular weight excluding hydrogens is 170 g/mol. The molecule has 1 aliphatic heterocycles. The first-order valence-electron chi connectivity index (χ1n) is 4.63. The third kappa shape index (κ3) is 2.96. The highest BCUT2D eigenvalue weighted by molar-refractivity contribution is 8.00. The van der Waals surface area contributed by atoms with Crippen LogP contribution in [-0.2, 0) is 4.74 Å². The average Bonchev–Trinajstić information content (AvgIpc) is 2.08. The van der Waals surface area contributed by atoms with Crippen LogP contribution in [0.3, 0.4) is 0 Å². The molecule has 72 valence electrons. The number of hydrogen-bond acceptors (Lipinski definition) is 3. The lowest BCUT2D eigenvalue weighted by Crippen LogP contribution is -2.49. The molecule has 0 spiro atoms. The van der Waals surface area contributed by atoms with Gasteiger partial charge in [-0.15, -0.1) is 11.8 Å². The molecule has 2 unspecified atom stereocenters. The highest BCUT2D eigenvalue weighted by Crippen LogP contribution is 2.28. The topological polar surface area (TPSA) is 21.3 Å². The van der Waals surface area contributed by atoms with E-state index >= 15 is 0 Å². The quantitative estimate of drug-likeness (QED) is 0.730. The van der Waals surface area contributed by atoms with Crippen molar-refractivity contribution in [3.63, 3.8) is 0 Å². The lowest BCUT2D eigenvalue weighted by molar-refractivity contribution is 0.114. The zero-order chi connectivity index (χ0) is 9.03. The molecule has 0 aromatic carbocycles. The van der Waals surface area contributed by atoms with Crippen LogP contribution in [0, 0.1) is 5.92 Å². The van der Waals surface area contributed by atoms with E-state index in [1.807, 2.05) is 18.7 Å². The lowest BCUT2D eigenvalue weighted by Gasteiger charge is -2.36. The summed E-state index contributed by atoms with van der Waals surface area (Å²) in [5.41, 5.74) is 0. The molecular formula is C9H19NOS. The number of nitrogens with one attached hydrogen (secondary N) is 1. The molecule has 1 aliphatic rings. The van der Waals surface area contributed by atoms with Gasteiger partial charge in [0.05, 0.1) is 11.5 Å². The molecule has 0 aromatic rings. The van der Waals surface area contributed by atoms with Crippen molar-refractivity contribution in [2.45, 2.75) is 25.6 Å². The molecule has 1 fully saturated rings.